The van der Waals surface area contributed by atoms with E-state index in [2.05, 4.69) is 42.7 Å². The highest BCUT2D eigenvalue weighted by atomic mass is 32.2. The van der Waals surface area contributed by atoms with Crippen LogP contribution in [0.2, 0.25) is 0 Å². The average Bonchev–Trinajstić information content (AvgIpc) is 2.66. The molecule has 0 radical (unpaired) electrons. The molecular formula is C11H14S4. The minimum absolute atomic E-state index is 1.09. The van der Waals surface area contributed by atoms with Gasteiger partial charge in [0.2, 0.25) is 0 Å². The first-order valence-electron chi connectivity index (χ1n) is 4.54. The number of hydrogen-bond donors (Lipinski definition) is 0. The van der Waals surface area contributed by atoms with Crippen molar-refractivity contribution in [2.75, 3.05) is 12.0 Å². The fraction of sp³-hybridized carbons (Fsp3) is 0.273. The normalized spacial score (nSPS) is 11.1. The van der Waals surface area contributed by atoms with Crippen molar-refractivity contribution < 1.29 is 0 Å². The lowest BCUT2D eigenvalue weighted by Crippen LogP contribution is -1.68. The quantitative estimate of drug-likeness (QED) is 0.638. The maximum absolute atomic E-state index is 3.98. The molecule has 4 heteroatoms. The Bertz CT molecular complexity index is 338. The van der Waals surface area contributed by atoms with Gasteiger partial charge in [0.1, 0.15) is 0 Å². The van der Waals surface area contributed by atoms with E-state index >= 15 is 0 Å². The summed E-state index contributed by atoms with van der Waals surface area (Å²) in [5.74, 6) is 1.09. The van der Waals surface area contributed by atoms with Gasteiger partial charge in [0.15, 0.2) is 0 Å². The van der Waals surface area contributed by atoms with E-state index in [1.807, 2.05) is 0 Å². The molecule has 0 saturated carbocycles. The Kier molecular flexibility index (Phi) is 6.64. The van der Waals surface area contributed by atoms with Gasteiger partial charge < -0.3 is 0 Å². The summed E-state index contributed by atoms with van der Waals surface area (Å²) in [4.78, 5) is 0. The molecule has 0 N–H and O–H groups in total. The molecule has 0 aliphatic heterocycles. The Morgan fingerprint density at radius 1 is 1.60 bits per heavy atom. The lowest BCUT2D eigenvalue weighted by molar-refractivity contribution is 1.54. The number of rotatable bonds is 6. The first-order valence-corrected chi connectivity index (χ1v) is 8.51. The highest BCUT2D eigenvalue weighted by molar-refractivity contribution is 8.23. The molecule has 0 aliphatic carbocycles. The van der Waals surface area contributed by atoms with Crippen LogP contribution >= 0.6 is 46.6 Å². The maximum atomic E-state index is 3.98. The standard InChI is InChI=1S/C11H14S4/c1-4-13-9(2)14-7-5-10-6-8-15-11(10)12-3/h5-8H,2,4H2,1,3H3/b7-5-. The van der Waals surface area contributed by atoms with Crippen molar-refractivity contribution in [3.8, 4) is 0 Å². The van der Waals surface area contributed by atoms with Crippen molar-refractivity contribution in [1.29, 1.82) is 0 Å². The first kappa shape index (κ1) is 13.3. The summed E-state index contributed by atoms with van der Waals surface area (Å²) in [6, 6.07) is 2.16. The van der Waals surface area contributed by atoms with Crippen molar-refractivity contribution >= 4 is 52.7 Å². The number of thioether (sulfide) groups is 3. The summed E-state index contributed by atoms with van der Waals surface area (Å²) in [6.45, 7) is 6.12. The number of hydrogen-bond acceptors (Lipinski definition) is 4. The smallest absolute Gasteiger partial charge is 0.0668 e. The second kappa shape index (κ2) is 7.49. The summed E-state index contributed by atoms with van der Waals surface area (Å²) in [5, 5.41) is 4.25. The van der Waals surface area contributed by atoms with E-state index in [1.54, 1.807) is 46.6 Å². The molecule has 0 saturated heterocycles. The highest BCUT2D eigenvalue weighted by Crippen LogP contribution is 2.31. The molecule has 0 bridgehead atoms. The van der Waals surface area contributed by atoms with E-state index in [0.717, 1.165) is 9.99 Å². The van der Waals surface area contributed by atoms with Crippen LogP contribution in [0.4, 0.5) is 0 Å². The molecule has 0 aliphatic rings. The minimum atomic E-state index is 1.09. The predicted molar refractivity (Wildman–Crippen MR) is 80.0 cm³/mol. The van der Waals surface area contributed by atoms with Crippen molar-refractivity contribution in [3.05, 3.63) is 33.2 Å². The summed E-state index contributed by atoms with van der Waals surface area (Å²) in [5.41, 5.74) is 1.31. The Morgan fingerprint density at radius 2 is 2.40 bits per heavy atom. The van der Waals surface area contributed by atoms with Gasteiger partial charge in [-0.15, -0.1) is 34.9 Å². The zero-order valence-corrected chi connectivity index (χ0v) is 12.1. The number of thiophene rings is 1. The van der Waals surface area contributed by atoms with Crippen LogP contribution in [-0.2, 0) is 0 Å². The van der Waals surface area contributed by atoms with Crippen LogP contribution in [-0.4, -0.2) is 12.0 Å². The topological polar surface area (TPSA) is 0 Å². The van der Waals surface area contributed by atoms with Gasteiger partial charge >= 0.3 is 0 Å². The van der Waals surface area contributed by atoms with E-state index in [4.69, 9.17) is 0 Å². The molecule has 0 spiro atoms. The van der Waals surface area contributed by atoms with Crippen LogP contribution in [0.1, 0.15) is 12.5 Å². The minimum Gasteiger partial charge on any atom is -0.137 e. The van der Waals surface area contributed by atoms with E-state index in [0.29, 0.717) is 0 Å². The Balaban J connectivity index is 2.47. The average molecular weight is 275 g/mol. The molecule has 82 valence electrons. The van der Waals surface area contributed by atoms with Gasteiger partial charge in [-0.2, -0.15) is 0 Å². The van der Waals surface area contributed by atoms with Gasteiger partial charge in [-0.3, -0.25) is 0 Å². The Labute approximate surface area is 109 Å². The van der Waals surface area contributed by atoms with Gasteiger partial charge in [0, 0.05) is 4.24 Å². The van der Waals surface area contributed by atoms with Crippen molar-refractivity contribution in [1.82, 2.24) is 0 Å². The molecule has 0 atom stereocenters. The third kappa shape index (κ3) is 4.72. The highest BCUT2D eigenvalue weighted by Gasteiger charge is 1.98. The molecule has 15 heavy (non-hydrogen) atoms. The lowest BCUT2D eigenvalue weighted by Gasteiger charge is -1.97. The van der Waals surface area contributed by atoms with E-state index in [1.165, 1.54) is 9.77 Å². The predicted octanol–water partition coefficient (Wildman–Crippen LogP) is 5.40. The SMILES string of the molecule is C=C(S/C=C\c1ccsc1SC)SCC. The van der Waals surface area contributed by atoms with E-state index < -0.39 is 0 Å². The molecule has 1 heterocycles. The molecule has 0 unspecified atom stereocenters. The lowest BCUT2D eigenvalue weighted by atomic mass is 10.3. The van der Waals surface area contributed by atoms with Gasteiger partial charge in [-0.1, -0.05) is 25.3 Å². The van der Waals surface area contributed by atoms with Gasteiger partial charge in [-0.25, -0.2) is 0 Å². The molecule has 1 aromatic rings. The van der Waals surface area contributed by atoms with Gasteiger partial charge in [0.25, 0.3) is 0 Å². The van der Waals surface area contributed by atoms with Crippen molar-refractivity contribution in [2.24, 2.45) is 0 Å². The summed E-state index contributed by atoms with van der Waals surface area (Å²) in [7, 11) is 0. The molecule has 1 aromatic heterocycles. The fourth-order valence-corrected chi connectivity index (χ4v) is 3.99. The summed E-state index contributed by atoms with van der Waals surface area (Å²) >= 11 is 7.09. The fourth-order valence-electron chi connectivity index (χ4n) is 0.973. The molecule has 0 amide bonds. The van der Waals surface area contributed by atoms with Crippen LogP contribution < -0.4 is 0 Å². The van der Waals surface area contributed by atoms with Crippen LogP contribution in [0.25, 0.3) is 6.08 Å². The monoisotopic (exact) mass is 274 g/mol. The first-order chi connectivity index (χ1) is 7.27. The molecule has 0 nitrogen and oxygen atoms in total. The second-order valence-corrected chi connectivity index (χ2v) is 7.20. The molecule has 1 rings (SSSR count). The Morgan fingerprint density at radius 3 is 3.07 bits per heavy atom. The second-order valence-electron chi connectivity index (χ2n) is 2.59. The van der Waals surface area contributed by atoms with E-state index in [9.17, 15) is 0 Å². The van der Waals surface area contributed by atoms with Crippen LogP contribution in [0.3, 0.4) is 0 Å². The zero-order chi connectivity index (χ0) is 11.1. The largest absolute Gasteiger partial charge is 0.137 e. The molecule has 0 fully saturated rings. The molecule has 0 aromatic carbocycles. The van der Waals surface area contributed by atoms with Crippen molar-refractivity contribution in [3.63, 3.8) is 0 Å². The van der Waals surface area contributed by atoms with Gasteiger partial charge in [-0.05, 0) is 40.5 Å². The Hall–Kier alpha value is 0.230. The van der Waals surface area contributed by atoms with Crippen molar-refractivity contribution in [2.45, 2.75) is 11.1 Å². The summed E-state index contributed by atoms with van der Waals surface area (Å²) < 4.78 is 2.54. The zero-order valence-electron chi connectivity index (χ0n) is 8.86. The van der Waals surface area contributed by atoms with Gasteiger partial charge in [0.05, 0.1) is 4.21 Å². The van der Waals surface area contributed by atoms with E-state index in [-0.39, 0.29) is 0 Å². The third-order valence-corrected chi connectivity index (χ3v) is 5.50. The van der Waals surface area contributed by atoms with Crippen LogP contribution in [0.15, 0.2) is 31.9 Å². The summed E-state index contributed by atoms with van der Waals surface area (Å²) in [6.07, 6.45) is 4.27. The third-order valence-electron chi connectivity index (χ3n) is 1.60. The molecular weight excluding hydrogens is 260 g/mol. The van der Waals surface area contributed by atoms with Crippen LogP contribution in [0, 0.1) is 0 Å². The maximum Gasteiger partial charge on any atom is 0.0668 e. The van der Waals surface area contributed by atoms with Crippen LogP contribution in [0.5, 0.6) is 0 Å².